The third-order valence-corrected chi connectivity index (χ3v) is 4.06. The first-order valence-electron chi connectivity index (χ1n) is 6.22. The Labute approximate surface area is 109 Å². The first-order valence-corrected chi connectivity index (χ1v) is 7.95. The second-order valence-corrected chi connectivity index (χ2v) is 6.47. The molecule has 0 fully saturated rings. The van der Waals surface area contributed by atoms with E-state index in [1.165, 1.54) is 0 Å². The number of hydrogen-bond donors (Lipinski definition) is 2. The fourth-order valence-corrected chi connectivity index (χ4v) is 2.64. The topological polar surface area (TPSA) is 74.8 Å². The lowest BCUT2D eigenvalue weighted by molar-refractivity contribution is 0.0950. The van der Waals surface area contributed by atoms with E-state index in [1.807, 2.05) is 0 Å². The van der Waals surface area contributed by atoms with Crippen LogP contribution in [0.3, 0.4) is 0 Å². The fourth-order valence-electron chi connectivity index (χ4n) is 2.25. The smallest absolute Gasteiger partial charge is 0.272 e. The molecule has 0 saturated heterocycles. The number of carbonyl (C=O) groups excluding carboxylic acids is 1. The number of aromatic nitrogens is 2. The van der Waals surface area contributed by atoms with Gasteiger partial charge in [0.15, 0.2) is 5.69 Å². The Morgan fingerprint density at radius 2 is 2.39 bits per heavy atom. The maximum atomic E-state index is 12.0. The van der Waals surface area contributed by atoms with Crippen molar-refractivity contribution in [2.75, 3.05) is 18.6 Å². The molecule has 2 N–H and O–H groups in total. The van der Waals surface area contributed by atoms with E-state index in [2.05, 4.69) is 22.4 Å². The minimum Gasteiger partial charge on any atom is -0.350 e. The van der Waals surface area contributed by atoms with E-state index < -0.39 is 10.8 Å². The molecule has 0 saturated carbocycles. The van der Waals surface area contributed by atoms with Crippen LogP contribution in [0.2, 0.25) is 0 Å². The highest BCUT2D eigenvalue weighted by Gasteiger charge is 2.24. The summed E-state index contributed by atoms with van der Waals surface area (Å²) in [7, 11) is -0.879. The van der Waals surface area contributed by atoms with Gasteiger partial charge in [-0.25, -0.2) is 0 Å². The number of carbonyl (C=O) groups is 1. The Bertz CT molecular complexity index is 470. The Morgan fingerprint density at radius 3 is 3.11 bits per heavy atom. The predicted octanol–water partition coefficient (Wildman–Crippen LogP) is 0.643. The summed E-state index contributed by atoms with van der Waals surface area (Å²) >= 11 is 0. The van der Waals surface area contributed by atoms with Gasteiger partial charge in [-0.3, -0.25) is 14.1 Å². The maximum Gasteiger partial charge on any atom is 0.272 e. The third kappa shape index (κ3) is 2.98. The average Bonchev–Trinajstić information content (AvgIpc) is 2.71. The zero-order chi connectivity index (χ0) is 13.1. The van der Waals surface area contributed by atoms with Gasteiger partial charge in [0.2, 0.25) is 0 Å². The highest BCUT2D eigenvalue weighted by molar-refractivity contribution is 7.84. The van der Waals surface area contributed by atoms with Gasteiger partial charge in [-0.2, -0.15) is 5.10 Å². The fraction of sp³-hybridized carbons (Fsp3) is 0.667. The number of hydrogen-bond acceptors (Lipinski definition) is 3. The number of aromatic amines is 1. The summed E-state index contributed by atoms with van der Waals surface area (Å²) in [5.41, 5.74) is 2.67. The van der Waals surface area contributed by atoms with Crippen LogP contribution in [-0.2, 0) is 23.6 Å². The number of fused-ring (bicyclic) bond motifs is 1. The van der Waals surface area contributed by atoms with Crippen LogP contribution in [0.1, 0.15) is 35.1 Å². The van der Waals surface area contributed by atoms with Gasteiger partial charge < -0.3 is 5.32 Å². The number of aryl methyl sites for hydroxylation is 1. The first kappa shape index (κ1) is 13.3. The molecule has 0 aliphatic heterocycles. The van der Waals surface area contributed by atoms with Gasteiger partial charge in [-0.05, 0) is 25.2 Å². The van der Waals surface area contributed by atoms with Crippen LogP contribution in [0.5, 0.6) is 0 Å². The lowest BCUT2D eigenvalue weighted by Crippen LogP contribution is -2.29. The molecule has 0 aromatic carbocycles. The molecule has 18 heavy (non-hydrogen) atoms. The number of nitrogens with zero attached hydrogens (tertiary/aromatic N) is 1. The number of amides is 1. The summed E-state index contributed by atoms with van der Waals surface area (Å²) in [6.07, 6.45) is 4.65. The first-order chi connectivity index (χ1) is 8.58. The number of nitrogens with one attached hydrogen (secondary N) is 2. The molecule has 100 valence electrons. The predicted molar refractivity (Wildman–Crippen MR) is 71.0 cm³/mol. The van der Waals surface area contributed by atoms with E-state index in [9.17, 15) is 9.00 Å². The van der Waals surface area contributed by atoms with Gasteiger partial charge in [0.1, 0.15) is 0 Å². The van der Waals surface area contributed by atoms with Crippen LogP contribution in [0.25, 0.3) is 0 Å². The Balaban J connectivity index is 2.02. The van der Waals surface area contributed by atoms with E-state index in [-0.39, 0.29) is 5.91 Å². The van der Waals surface area contributed by atoms with Gasteiger partial charge in [0.25, 0.3) is 5.91 Å². The van der Waals surface area contributed by atoms with E-state index in [0.29, 0.717) is 23.9 Å². The summed E-state index contributed by atoms with van der Waals surface area (Å²) in [5.74, 6) is 0.922. The highest BCUT2D eigenvalue weighted by Crippen LogP contribution is 2.25. The molecule has 0 radical (unpaired) electrons. The van der Waals surface area contributed by atoms with Crippen LogP contribution in [0.4, 0.5) is 0 Å². The van der Waals surface area contributed by atoms with Crippen molar-refractivity contribution >= 4 is 16.7 Å². The SMILES string of the molecule is CC1CCc2[nH]nc(C(=O)NCCS(C)=O)c2C1. The maximum absolute atomic E-state index is 12.0. The van der Waals surface area contributed by atoms with Gasteiger partial charge in [-0.15, -0.1) is 0 Å². The average molecular weight is 269 g/mol. The summed E-state index contributed by atoms with van der Waals surface area (Å²) in [6, 6.07) is 0. The second-order valence-electron chi connectivity index (χ2n) is 4.91. The molecule has 2 rings (SSSR count). The summed E-state index contributed by atoms with van der Waals surface area (Å²) in [6.45, 7) is 2.62. The molecule has 1 aromatic rings. The van der Waals surface area contributed by atoms with Crippen molar-refractivity contribution < 1.29 is 9.00 Å². The van der Waals surface area contributed by atoms with Gasteiger partial charge >= 0.3 is 0 Å². The zero-order valence-corrected chi connectivity index (χ0v) is 11.6. The minimum atomic E-state index is -0.879. The molecule has 1 aromatic heterocycles. The van der Waals surface area contributed by atoms with E-state index in [4.69, 9.17) is 0 Å². The summed E-state index contributed by atoms with van der Waals surface area (Å²) in [5, 5.41) is 9.84. The van der Waals surface area contributed by atoms with Crippen LogP contribution in [0.15, 0.2) is 0 Å². The zero-order valence-electron chi connectivity index (χ0n) is 10.8. The molecule has 2 atom stereocenters. The molecule has 0 spiro atoms. The molecular weight excluding hydrogens is 250 g/mol. The number of rotatable bonds is 4. The van der Waals surface area contributed by atoms with E-state index >= 15 is 0 Å². The number of H-pyrrole nitrogens is 1. The van der Waals surface area contributed by atoms with Crippen LogP contribution in [0, 0.1) is 5.92 Å². The van der Waals surface area contributed by atoms with Crippen LogP contribution >= 0.6 is 0 Å². The van der Waals surface area contributed by atoms with E-state index in [0.717, 1.165) is 30.5 Å². The Hall–Kier alpha value is -1.17. The molecule has 1 aliphatic rings. The molecular formula is C12H19N3O2S. The Morgan fingerprint density at radius 1 is 1.61 bits per heavy atom. The van der Waals surface area contributed by atoms with Crippen molar-refractivity contribution in [3.05, 3.63) is 17.0 Å². The Kier molecular flexibility index (Phi) is 4.16. The lowest BCUT2D eigenvalue weighted by Gasteiger charge is -2.17. The summed E-state index contributed by atoms with van der Waals surface area (Å²) < 4.78 is 10.9. The molecule has 1 aliphatic carbocycles. The van der Waals surface area contributed by atoms with Crippen molar-refractivity contribution in [1.82, 2.24) is 15.5 Å². The molecule has 1 heterocycles. The second kappa shape index (κ2) is 5.65. The molecule has 5 nitrogen and oxygen atoms in total. The lowest BCUT2D eigenvalue weighted by atomic mass is 9.88. The normalized spacial score (nSPS) is 20.2. The van der Waals surface area contributed by atoms with E-state index in [1.54, 1.807) is 6.26 Å². The standard InChI is InChI=1S/C12H19N3O2S/c1-8-3-4-10-9(7-8)11(15-14-10)12(16)13-5-6-18(2)17/h8H,3-7H2,1-2H3,(H,13,16)(H,14,15). The third-order valence-electron chi connectivity index (χ3n) is 3.28. The molecule has 1 amide bonds. The van der Waals surface area contributed by atoms with Crippen molar-refractivity contribution in [2.45, 2.75) is 26.2 Å². The van der Waals surface area contributed by atoms with Crippen molar-refractivity contribution in [1.29, 1.82) is 0 Å². The molecule has 2 unspecified atom stereocenters. The quantitative estimate of drug-likeness (QED) is 0.842. The van der Waals surface area contributed by atoms with Gasteiger partial charge in [0.05, 0.1) is 0 Å². The molecule has 6 heteroatoms. The largest absolute Gasteiger partial charge is 0.350 e. The monoisotopic (exact) mass is 269 g/mol. The summed E-state index contributed by atoms with van der Waals surface area (Å²) in [4.78, 5) is 12.0. The highest BCUT2D eigenvalue weighted by atomic mass is 32.2. The minimum absolute atomic E-state index is 0.160. The van der Waals surface area contributed by atoms with Gasteiger partial charge in [0, 0.05) is 40.6 Å². The van der Waals surface area contributed by atoms with Crippen molar-refractivity contribution in [3.8, 4) is 0 Å². The van der Waals surface area contributed by atoms with Crippen LogP contribution < -0.4 is 5.32 Å². The van der Waals surface area contributed by atoms with Crippen molar-refractivity contribution in [3.63, 3.8) is 0 Å². The van der Waals surface area contributed by atoms with Crippen molar-refractivity contribution in [2.24, 2.45) is 5.92 Å². The van der Waals surface area contributed by atoms with Crippen LogP contribution in [-0.4, -0.2) is 38.9 Å². The van der Waals surface area contributed by atoms with Gasteiger partial charge in [-0.1, -0.05) is 6.92 Å². The molecule has 0 bridgehead atoms.